The smallest absolute Gasteiger partial charge is 0.338 e. The van der Waals surface area contributed by atoms with Crippen molar-refractivity contribution in [3.63, 3.8) is 0 Å². The fourth-order valence-electron chi connectivity index (χ4n) is 1.43. The first-order valence-corrected chi connectivity index (χ1v) is 6.78. The minimum Gasteiger partial charge on any atom is -0.457 e. The first kappa shape index (κ1) is 13.4. The van der Waals surface area contributed by atoms with E-state index < -0.39 is 0 Å². The number of hydrogen-bond acceptors (Lipinski definition) is 2. The van der Waals surface area contributed by atoms with Crippen molar-refractivity contribution in [3.05, 3.63) is 68.3 Å². The van der Waals surface area contributed by atoms with Crippen molar-refractivity contribution in [2.24, 2.45) is 0 Å². The van der Waals surface area contributed by atoms with Gasteiger partial charge in [0.05, 0.1) is 10.6 Å². The summed E-state index contributed by atoms with van der Waals surface area (Å²) in [5, 5.41) is 0.560. The third-order valence-corrected chi connectivity index (χ3v) is 3.94. The van der Waals surface area contributed by atoms with Crippen molar-refractivity contribution in [2.75, 3.05) is 0 Å². The largest absolute Gasteiger partial charge is 0.457 e. The number of carbonyl (C=O) groups is 1. The molecule has 4 heteroatoms. The lowest BCUT2D eigenvalue weighted by atomic mass is 10.2. The van der Waals surface area contributed by atoms with Gasteiger partial charge in [0.2, 0.25) is 0 Å². The number of esters is 1. The Balaban J connectivity index is 2.02. The molecule has 2 aromatic rings. The van der Waals surface area contributed by atoms with E-state index in [0.29, 0.717) is 10.6 Å². The van der Waals surface area contributed by atoms with Crippen LogP contribution in [-0.2, 0) is 11.3 Å². The summed E-state index contributed by atoms with van der Waals surface area (Å²) < 4.78 is 6.12. The van der Waals surface area contributed by atoms with Gasteiger partial charge in [0.1, 0.15) is 6.61 Å². The van der Waals surface area contributed by atoms with Crippen molar-refractivity contribution in [3.8, 4) is 0 Å². The fraction of sp³-hybridized carbons (Fsp3) is 0.0714. The van der Waals surface area contributed by atoms with Crippen molar-refractivity contribution in [1.82, 2.24) is 0 Å². The van der Waals surface area contributed by atoms with E-state index in [4.69, 9.17) is 16.3 Å². The molecule has 0 atom stereocenters. The molecule has 0 aliphatic rings. The standard InChI is InChI=1S/C14H10ClIO2/c15-12-8-11(6-7-13(12)16)14(17)18-9-10-4-2-1-3-5-10/h1-8H,9H2. The third kappa shape index (κ3) is 3.46. The minimum absolute atomic E-state index is 0.267. The molecular formula is C14H10ClIO2. The van der Waals surface area contributed by atoms with Crippen LogP contribution in [0.15, 0.2) is 48.5 Å². The number of rotatable bonds is 3. The van der Waals surface area contributed by atoms with Crippen LogP contribution in [0.25, 0.3) is 0 Å². The lowest BCUT2D eigenvalue weighted by Gasteiger charge is -2.05. The van der Waals surface area contributed by atoms with E-state index in [-0.39, 0.29) is 12.6 Å². The maximum Gasteiger partial charge on any atom is 0.338 e. The Bertz CT molecular complexity index is 555. The van der Waals surface area contributed by atoms with Gasteiger partial charge < -0.3 is 4.74 Å². The molecule has 0 amide bonds. The lowest BCUT2D eigenvalue weighted by Crippen LogP contribution is -2.05. The van der Waals surface area contributed by atoms with Crippen LogP contribution in [0.4, 0.5) is 0 Å². The van der Waals surface area contributed by atoms with Crippen LogP contribution < -0.4 is 0 Å². The molecule has 0 N–H and O–H groups in total. The normalized spacial score (nSPS) is 10.1. The number of ether oxygens (including phenoxy) is 1. The maximum absolute atomic E-state index is 11.8. The Morgan fingerprint density at radius 2 is 1.89 bits per heavy atom. The predicted octanol–water partition coefficient (Wildman–Crippen LogP) is 4.30. The first-order valence-electron chi connectivity index (χ1n) is 5.33. The van der Waals surface area contributed by atoms with Crippen LogP contribution in [0.3, 0.4) is 0 Å². The molecule has 18 heavy (non-hydrogen) atoms. The summed E-state index contributed by atoms with van der Waals surface area (Å²) >= 11 is 8.07. The van der Waals surface area contributed by atoms with Gasteiger partial charge >= 0.3 is 5.97 Å². The fourth-order valence-corrected chi connectivity index (χ4v) is 1.95. The summed E-state index contributed by atoms with van der Waals surface area (Å²) in [4.78, 5) is 11.8. The molecule has 0 heterocycles. The number of benzene rings is 2. The molecule has 0 saturated carbocycles. The second-order valence-corrected chi connectivity index (χ2v) is 5.26. The van der Waals surface area contributed by atoms with E-state index in [1.54, 1.807) is 18.2 Å². The molecule has 2 rings (SSSR count). The molecule has 92 valence electrons. The van der Waals surface area contributed by atoms with Crippen molar-refractivity contribution >= 4 is 40.2 Å². The number of carbonyl (C=O) groups excluding carboxylic acids is 1. The molecule has 0 spiro atoms. The highest BCUT2D eigenvalue weighted by Gasteiger charge is 2.09. The highest BCUT2D eigenvalue weighted by atomic mass is 127. The van der Waals surface area contributed by atoms with Gasteiger partial charge in [-0.15, -0.1) is 0 Å². The first-order chi connectivity index (χ1) is 8.66. The Hall–Kier alpha value is -1.07. The van der Waals surface area contributed by atoms with Gasteiger partial charge in [0.25, 0.3) is 0 Å². The molecule has 0 aliphatic heterocycles. The number of halogens is 2. The van der Waals surface area contributed by atoms with E-state index >= 15 is 0 Å². The summed E-state index contributed by atoms with van der Waals surface area (Å²) in [6.07, 6.45) is 0. The zero-order valence-corrected chi connectivity index (χ0v) is 12.3. The predicted molar refractivity (Wildman–Crippen MR) is 79.7 cm³/mol. The summed E-state index contributed by atoms with van der Waals surface area (Å²) in [5.41, 5.74) is 1.43. The average molecular weight is 373 g/mol. The summed E-state index contributed by atoms with van der Waals surface area (Å²) in [7, 11) is 0. The van der Waals surface area contributed by atoms with Crippen LogP contribution in [0.2, 0.25) is 5.02 Å². The molecule has 2 aromatic carbocycles. The second kappa shape index (κ2) is 6.20. The molecule has 0 fully saturated rings. The Labute approximate surface area is 124 Å². The van der Waals surface area contributed by atoms with Crippen LogP contribution in [0, 0.1) is 3.57 Å². The Morgan fingerprint density at radius 3 is 2.56 bits per heavy atom. The monoisotopic (exact) mass is 372 g/mol. The van der Waals surface area contributed by atoms with Gasteiger partial charge in [-0.25, -0.2) is 4.79 Å². The van der Waals surface area contributed by atoms with E-state index in [1.807, 2.05) is 30.3 Å². The zero-order chi connectivity index (χ0) is 13.0. The Kier molecular flexibility index (Phi) is 4.60. The van der Waals surface area contributed by atoms with Crippen molar-refractivity contribution in [1.29, 1.82) is 0 Å². The van der Waals surface area contributed by atoms with Gasteiger partial charge in [0, 0.05) is 3.57 Å². The van der Waals surface area contributed by atoms with Gasteiger partial charge in [-0.2, -0.15) is 0 Å². The average Bonchev–Trinajstić information content (AvgIpc) is 2.40. The molecule has 0 bridgehead atoms. The van der Waals surface area contributed by atoms with Gasteiger partial charge in [-0.1, -0.05) is 41.9 Å². The number of hydrogen-bond donors (Lipinski definition) is 0. The molecule has 0 unspecified atom stereocenters. The second-order valence-electron chi connectivity index (χ2n) is 3.69. The van der Waals surface area contributed by atoms with Crippen LogP contribution in [0.1, 0.15) is 15.9 Å². The third-order valence-electron chi connectivity index (χ3n) is 2.37. The Morgan fingerprint density at radius 1 is 1.17 bits per heavy atom. The van der Waals surface area contributed by atoms with Crippen LogP contribution >= 0.6 is 34.2 Å². The highest BCUT2D eigenvalue weighted by molar-refractivity contribution is 14.1. The molecule has 0 saturated heterocycles. The molecule has 0 radical (unpaired) electrons. The van der Waals surface area contributed by atoms with Crippen molar-refractivity contribution < 1.29 is 9.53 Å². The maximum atomic E-state index is 11.8. The summed E-state index contributed by atoms with van der Waals surface area (Å²) in [6.45, 7) is 0.267. The summed E-state index contributed by atoms with van der Waals surface area (Å²) in [6, 6.07) is 14.7. The van der Waals surface area contributed by atoms with Gasteiger partial charge in [0.15, 0.2) is 0 Å². The van der Waals surface area contributed by atoms with Gasteiger partial charge in [-0.3, -0.25) is 0 Å². The van der Waals surface area contributed by atoms with E-state index in [2.05, 4.69) is 22.6 Å². The SMILES string of the molecule is O=C(OCc1ccccc1)c1ccc(I)c(Cl)c1. The van der Waals surface area contributed by atoms with Crippen molar-refractivity contribution in [2.45, 2.75) is 6.61 Å². The molecule has 2 nitrogen and oxygen atoms in total. The highest BCUT2D eigenvalue weighted by Crippen LogP contribution is 2.20. The quantitative estimate of drug-likeness (QED) is 0.593. The van der Waals surface area contributed by atoms with Crippen LogP contribution in [-0.4, -0.2) is 5.97 Å². The van der Waals surface area contributed by atoms with E-state index in [0.717, 1.165) is 9.13 Å². The molecule has 0 aromatic heterocycles. The van der Waals surface area contributed by atoms with Gasteiger partial charge in [-0.05, 0) is 46.4 Å². The van der Waals surface area contributed by atoms with E-state index in [9.17, 15) is 4.79 Å². The van der Waals surface area contributed by atoms with Crippen LogP contribution in [0.5, 0.6) is 0 Å². The summed E-state index contributed by atoms with van der Waals surface area (Å²) in [5.74, 6) is -0.364. The van der Waals surface area contributed by atoms with E-state index in [1.165, 1.54) is 0 Å². The lowest BCUT2D eigenvalue weighted by molar-refractivity contribution is 0.0472. The zero-order valence-electron chi connectivity index (χ0n) is 9.40. The molecule has 0 aliphatic carbocycles. The minimum atomic E-state index is -0.364. The molecular weight excluding hydrogens is 363 g/mol. The topological polar surface area (TPSA) is 26.3 Å².